The molecule has 194 valence electrons. The number of aromatic amines is 1. The minimum Gasteiger partial charge on any atom is -0.467 e. The molecule has 1 aromatic heterocycles. The Morgan fingerprint density at radius 3 is 2.73 bits per heavy atom. The number of methoxy groups -OCH3 is 1. The molecule has 1 unspecified atom stereocenters. The van der Waals surface area contributed by atoms with Crippen molar-refractivity contribution in [2.24, 2.45) is 0 Å². The fourth-order valence-corrected chi connectivity index (χ4v) is 5.33. The maximum Gasteiger partial charge on any atom is 0.328 e. The van der Waals surface area contributed by atoms with E-state index in [4.69, 9.17) is 4.74 Å². The number of carbonyl (C=O) groups excluding carboxylic acids is 3. The first-order valence-electron chi connectivity index (χ1n) is 12.6. The van der Waals surface area contributed by atoms with E-state index >= 15 is 0 Å². The number of esters is 1. The summed E-state index contributed by atoms with van der Waals surface area (Å²) < 4.78 is 4.98. The number of ether oxygens (including phenoxy) is 1. The summed E-state index contributed by atoms with van der Waals surface area (Å²) in [5.41, 5.74) is 5.99. The van der Waals surface area contributed by atoms with Crippen molar-refractivity contribution >= 4 is 34.6 Å². The van der Waals surface area contributed by atoms with Crippen molar-refractivity contribution in [2.45, 2.75) is 51.7 Å². The number of fused-ring (bicyclic) bond motifs is 2. The number of amides is 4. The van der Waals surface area contributed by atoms with Gasteiger partial charge in [0, 0.05) is 43.2 Å². The van der Waals surface area contributed by atoms with Crippen LogP contribution in [0.1, 0.15) is 35.1 Å². The molecule has 2 aromatic carbocycles. The summed E-state index contributed by atoms with van der Waals surface area (Å²) in [7, 11) is 1.32. The predicted octanol–water partition coefficient (Wildman–Crippen LogP) is 3.49. The standard InChI is InChI=1S/C27H32N6O4/c1-16-4-5-22-20(10-16)15-33(27(36)29-22)21-6-8-32(9-7-21)26(35)30-23(25(34)37-3)13-18-11-17(2)24-19(12-18)14-28-31-24/h4-5,10-12,14,21,23H,6-9,13,15H2,1-3H3,(H,28,31)(H,29,36)(H,30,35). The largest absolute Gasteiger partial charge is 0.467 e. The third-order valence-electron chi connectivity index (χ3n) is 7.33. The van der Waals surface area contributed by atoms with Crippen molar-refractivity contribution in [3.63, 3.8) is 0 Å². The fourth-order valence-electron chi connectivity index (χ4n) is 5.33. The lowest BCUT2D eigenvalue weighted by Gasteiger charge is -2.40. The molecule has 0 saturated carbocycles. The van der Waals surface area contributed by atoms with Crippen LogP contribution < -0.4 is 10.6 Å². The topological polar surface area (TPSA) is 120 Å². The van der Waals surface area contributed by atoms with Crippen LogP contribution in [0.15, 0.2) is 36.5 Å². The molecular formula is C27H32N6O4. The van der Waals surface area contributed by atoms with Gasteiger partial charge < -0.3 is 25.2 Å². The van der Waals surface area contributed by atoms with E-state index in [1.54, 1.807) is 11.1 Å². The van der Waals surface area contributed by atoms with E-state index in [1.165, 1.54) is 7.11 Å². The number of aromatic nitrogens is 2. The molecule has 3 N–H and O–H groups in total. The monoisotopic (exact) mass is 504 g/mol. The van der Waals surface area contributed by atoms with E-state index < -0.39 is 12.0 Å². The quantitative estimate of drug-likeness (QED) is 0.460. The van der Waals surface area contributed by atoms with Crippen molar-refractivity contribution in [1.82, 2.24) is 25.3 Å². The molecule has 0 aliphatic carbocycles. The average molecular weight is 505 g/mol. The number of hydrogen-bond acceptors (Lipinski definition) is 5. The van der Waals surface area contributed by atoms with Crippen LogP contribution in [0.3, 0.4) is 0 Å². The molecule has 10 nitrogen and oxygen atoms in total. The molecule has 5 rings (SSSR count). The van der Waals surface area contributed by atoms with Gasteiger partial charge in [-0.25, -0.2) is 14.4 Å². The minimum atomic E-state index is -0.813. The lowest BCUT2D eigenvalue weighted by Crippen LogP contribution is -2.54. The number of H-pyrrole nitrogens is 1. The zero-order valence-corrected chi connectivity index (χ0v) is 21.3. The second-order valence-corrected chi connectivity index (χ2v) is 9.91. The van der Waals surface area contributed by atoms with Gasteiger partial charge in [0.2, 0.25) is 0 Å². The minimum absolute atomic E-state index is 0.0405. The molecule has 0 radical (unpaired) electrons. The highest BCUT2D eigenvalue weighted by atomic mass is 16.5. The Morgan fingerprint density at radius 2 is 1.97 bits per heavy atom. The molecule has 3 heterocycles. The lowest BCUT2D eigenvalue weighted by atomic mass is 10.00. The molecule has 3 aromatic rings. The first-order chi connectivity index (χ1) is 17.8. The number of hydrogen-bond donors (Lipinski definition) is 3. The van der Waals surface area contributed by atoms with Gasteiger partial charge in [0.25, 0.3) is 0 Å². The summed E-state index contributed by atoms with van der Waals surface area (Å²) in [5, 5.41) is 13.9. The van der Waals surface area contributed by atoms with Crippen LogP contribution in [0, 0.1) is 13.8 Å². The smallest absolute Gasteiger partial charge is 0.328 e. The molecular weight excluding hydrogens is 472 g/mol. The van der Waals surface area contributed by atoms with Gasteiger partial charge in [-0.1, -0.05) is 23.8 Å². The van der Waals surface area contributed by atoms with E-state index in [9.17, 15) is 14.4 Å². The molecule has 10 heteroatoms. The zero-order chi connectivity index (χ0) is 26.1. The first-order valence-corrected chi connectivity index (χ1v) is 12.6. The van der Waals surface area contributed by atoms with Crippen molar-refractivity contribution in [3.8, 4) is 0 Å². The van der Waals surface area contributed by atoms with Crippen LogP contribution in [0.2, 0.25) is 0 Å². The molecule has 1 atom stereocenters. The summed E-state index contributed by atoms with van der Waals surface area (Å²) in [6, 6.07) is 8.80. The zero-order valence-electron chi connectivity index (χ0n) is 21.3. The number of aryl methyl sites for hydroxylation is 2. The van der Waals surface area contributed by atoms with Crippen LogP contribution in [0.25, 0.3) is 10.9 Å². The highest BCUT2D eigenvalue weighted by molar-refractivity contribution is 5.92. The molecule has 1 saturated heterocycles. The maximum absolute atomic E-state index is 13.1. The van der Waals surface area contributed by atoms with Gasteiger partial charge in [0.05, 0.1) is 18.8 Å². The fraction of sp³-hybridized carbons (Fsp3) is 0.407. The Labute approximate surface area is 215 Å². The van der Waals surface area contributed by atoms with Crippen LogP contribution in [0.4, 0.5) is 15.3 Å². The van der Waals surface area contributed by atoms with E-state index in [0.717, 1.165) is 38.8 Å². The van der Waals surface area contributed by atoms with E-state index in [1.807, 2.05) is 43.0 Å². The van der Waals surface area contributed by atoms with Gasteiger partial charge in [0.15, 0.2) is 0 Å². The van der Waals surface area contributed by atoms with Gasteiger partial charge >= 0.3 is 18.0 Å². The van der Waals surface area contributed by atoms with Crippen molar-refractivity contribution in [2.75, 3.05) is 25.5 Å². The molecule has 0 spiro atoms. The van der Waals surface area contributed by atoms with Crippen LogP contribution >= 0.6 is 0 Å². The number of anilines is 1. The highest BCUT2D eigenvalue weighted by Crippen LogP contribution is 2.28. The van der Waals surface area contributed by atoms with Crippen LogP contribution in [0.5, 0.6) is 0 Å². The van der Waals surface area contributed by atoms with E-state index in [0.29, 0.717) is 38.9 Å². The second kappa shape index (κ2) is 10.1. The Morgan fingerprint density at radius 1 is 1.19 bits per heavy atom. The van der Waals surface area contributed by atoms with Crippen molar-refractivity contribution in [3.05, 3.63) is 58.8 Å². The highest BCUT2D eigenvalue weighted by Gasteiger charge is 2.33. The Bertz CT molecular complexity index is 1340. The number of nitrogens with one attached hydrogen (secondary N) is 3. The van der Waals surface area contributed by atoms with Gasteiger partial charge in [-0.3, -0.25) is 5.10 Å². The van der Waals surface area contributed by atoms with Gasteiger partial charge in [-0.15, -0.1) is 0 Å². The lowest BCUT2D eigenvalue weighted by molar-refractivity contribution is -0.142. The Balaban J connectivity index is 1.21. The maximum atomic E-state index is 13.1. The summed E-state index contributed by atoms with van der Waals surface area (Å²) in [5.74, 6) is -0.493. The normalized spacial score (nSPS) is 16.8. The Kier molecular flexibility index (Phi) is 6.73. The summed E-state index contributed by atoms with van der Waals surface area (Å²) in [4.78, 5) is 41.9. The number of rotatable bonds is 5. The number of carbonyl (C=O) groups is 3. The van der Waals surface area contributed by atoms with Crippen LogP contribution in [-0.4, -0.2) is 70.3 Å². The molecule has 4 amide bonds. The van der Waals surface area contributed by atoms with Gasteiger partial charge in [-0.2, -0.15) is 5.10 Å². The molecule has 1 fully saturated rings. The molecule has 2 aliphatic heterocycles. The first kappa shape index (κ1) is 24.6. The summed E-state index contributed by atoms with van der Waals surface area (Å²) in [6.45, 7) is 5.56. The number of urea groups is 2. The van der Waals surface area contributed by atoms with Crippen molar-refractivity contribution in [1.29, 1.82) is 0 Å². The molecule has 37 heavy (non-hydrogen) atoms. The number of likely N-dealkylation sites (tertiary alicyclic amines) is 1. The van der Waals surface area contributed by atoms with Crippen molar-refractivity contribution < 1.29 is 19.1 Å². The van der Waals surface area contributed by atoms with E-state index in [2.05, 4.69) is 26.9 Å². The third-order valence-corrected chi connectivity index (χ3v) is 7.33. The SMILES string of the molecule is COC(=O)C(Cc1cc(C)c2[nH]ncc2c1)NC(=O)N1CCC(N2Cc3cc(C)ccc3NC2=O)CC1. The summed E-state index contributed by atoms with van der Waals surface area (Å²) in [6.07, 6.45) is 3.39. The third kappa shape index (κ3) is 5.09. The molecule has 2 aliphatic rings. The second-order valence-electron chi connectivity index (χ2n) is 9.91. The van der Waals surface area contributed by atoms with Gasteiger partial charge in [-0.05, 0) is 55.5 Å². The number of nitrogens with zero attached hydrogens (tertiary/aromatic N) is 3. The van der Waals surface area contributed by atoms with Gasteiger partial charge in [0.1, 0.15) is 6.04 Å². The van der Waals surface area contributed by atoms with E-state index in [-0.39, 0.29) is 18.1 Å². The molecule has 0 bridgehead atoms. The number of piperidine rings is 1. The Hall–Kier alpha value is -4.08. The van der Waals surface area contributed by atoms with Crippen LogP contribution in [-0.2, 0) is 22.5 Å². The summed E-state index contributed by atoms with van der Waals surface area (Å²) >= 11 is 0. The average Bonchev–Trinajstić information content (AvgIpc) is 3.37. The number of benzene rings is 2. The predicted molar refractivity (Wildman–Crippen MR) is 139 cm³/mol.